The van der Waals surface area contributed by atoms with Gasteiger partial charge in [0.15, 0.2) is 5.78 Å². The second kappa shape index (κ2) is 4.49. The highest BCUT2D eigenvalue weighted by Gasteiger charge is 2.59. The van der Waals surface area contributed by atoms with Crippen LogP contribution in [0.2, 0.25) is 0 Å². The lowest BCUT2D eigenvalue weighted by atomic mass is 9.68. The number of nitrogens with one attached hydrogen (secondary N) is 1. The first-order chi connectivity index (χ1) is 9.74. The topological polar surface area (TPSA) is 55.1 Å². The molecule has 2 saturated carbocycles. The second-order valence-electron chi connectivity index (χ2n) is 7.85. The van der Waals surface area contributed by atoms with Crippen LogP contribution in [0, 0.1) is 16.7 Å². The number of nitrogen functional groups attached to an aromatic ring is 1. The van der Waals surface area contributed by atoms with Crippen LogP contribution in [0.5, 0.6) is 0 Å². The number of hydrogen-bond acceptors (Lipinski definition) is 3. The van der Waals surface area contributed by atoms with E-state index in [1.807, 2.05) is 18.2 Å². The van der Waals surface area contributed by atoms with Crippen molar-refractivity contribution in [2.75, 3.05) is 11.1 Å². The molecule has 2 bridgehead atoms. The predicted octanol–water partition coefficient (Wildman–Crippen LogP) is 4.10. The van der Waals surface area contributed by atoms with Crippen molar-refractivity contribution in [3.63, 3.8) is 0 Å². The van der Waals surface area contributed by atoms with Gasteiger partial charge in [-0.05, 0) is 61.1 Å². The fourth-order valence-electron chi connectivity index (χ4n) is 4.78. The van der Waals surface area contributed by atoms with Crippen LogP contribution in [0.15, 0.2) is 18.2 Å². The lowest BCUT2D eigenvalue weighted by Gasteiger charge is -2.43. The van der Waals surface area contributed by atoms with Gasteiger partial charge in [-0.1, -0.05) is 20.8 Å². The molecule has 0 spiro atoms. The van der Waals surface area contributed by atoms with Crippen LogP contribution in [-0.4, -0.2) is 11.8 Å². The average molecular weight is 286 g/mol. The summed E-state index contributed by atoms with van der Waals surface area (Å²) in [6.07, 6.45) is 3.96. The number of hydrogen-bond donors (Lipinski definition) is 2. The molecule has 3 atom stereocenters. The molecule has 2 fully saturated rings. The molecule has 3 rings (SSSR count). The van der Waals surface area contributed by atoms with Gasteiger partial charge in [0.2, 0.25) is 0 Å². The van der Waals surface area contributed by atoms with Crippen LogP contribution >= 0.6 is 0 Å². The van der Waals surface area contributed by atoms with Crippen molar-refractivity contribution in [3.05, 3.63) is 23.8 Å². The van der Waals surface area contributed by atoms with E-state index in [1.54, 1.807) is 6.92 Å². The minimum atomic E-state index is 0.0227. The van der Waals surface area contributed by atoms with Crippen LogP contribution in [0.3, 0.4) is 0 Å². The first kappa shape index (κ1) is 14.4. The molecule has 3 nitrogen and oxygen atoms in total. The van der Waals surface area contributed by atoms with E-state index in [0.717, 1.165) is 11.6 Å². The van der Waals surface area contributed by atoms with E-state index >= 15 is 0 Å². The lowest BCUT2D eigenvalue weighted by Crippen LogP contribution is -2.45. The van der Waals surface area contributed by atoms with Crippen LogP contribution in [0.4, 0.5) is 11.4 Å². The SMILES string of the molecule is CC(=O)c1cc(NC2C3(C)CCC(C3)C2(C)C)ccc1N. The third-order valence-electron chi connectivity index (χ3n) is 6.01. The summed E-state index contributed by atoms with van der Waals surface area (Å²) in [5.74, 6) is 0.829. The Morgan fingerprint density at radius 1 is 1.33 bits per heavy atom. The molecule has 0 radical (unpaired) electrons. The molecule has 2 aliphatic carbocycles. The van der Waals surface area contributed by atoms with Crippen LogP contribution in [0.25, 0.3) is 0 Å². The molecule has 0 saturated heterocycles. The molecular formula is C18H26N2O. The summed E-state index contributed by atoms with van der Waals surface area (Å²) in [5, 5.41) is 3.72. The summed E-state index contributed by atoms with van der Waals surface area (Å²) in [4.78, 5) is 11.7. The van der Waals surface area contributed by atoms with Gasteiger partial charge in [-0.15, -0.1) is 0 Å². The summed E-state index contributed by atoms with van der Waals surface area (Å²) in [6.45, 7) is 8.73. The molecule has 3 unspecified atom stereocenters. The van der Waals surface area contributed by atoms with Gasteiger partial charge in [0, 0.05) is 23.0 Å². The lowest BCUT2D eigenvalue weighted by molar-refractivity contribution is 0.101. The van der Waals surface area contributed by atoms with Crippen molar-refractivity contribution in [1.82, 2.24) is 0 Å². The van der Waals surface area contributed by atoms with E-state index in [1.165, 1.54) is 19.3 Å². The molecule has 0 amide bonds. The van der Waals surface area contributed by atoms with E-state index in [2.05, 4.69) is 26.1 Å². The van der Waals surface area contributed by atoms with E-state index in [0.29, 0.717) is 28.1 Å². The third-order valence-corrected chi connectivity index (χ3v) is 6.01. The van der Waals surface area contributed by atoms with Crippen molar-refractivity contribution in [2.45, 2.75) is 53.0 Å². The number of fused-ring (bicyclic) bond motifs is 2. The first-order valence-corrected chi connectivity index (χ1v) is 7.91. The van der Waals surface area contributed by atoms with Gasteiger partial charge in [0.25, 0.3) is 0 Å². The number of carbonyl (C=O) groups excluding carboxylic acids is 1. The number of benzene rings is 1. The Morgan fingerprint density at radius 2 is 2.05 bits per heavy atom. The second-order valence-corrected chi connectivity index (χ2v) is 7.85. The first-order valence-electron chi connectivity index (χ1n) is 7.91. The number of rotatable bonds is 3. The maximum absolute atomic E-state index is 11.7. The Balaban J connectivity index is 1.90. The van der Waals surface area contributed by atoms with E-state index < -0.39 is 0 Å². The Labute approximate surface area is 127 Å². The molecular weight excluding hydrogens is 260 g/mol. The van der Waals surface area contributed by atoms with Crippen LogP contribution in [0.1, 0.15) is 57.3 Å². The summed E-state index contributed by atoms with van der Waals surface area (Å²) in [7, 11) is 0. The smallest absolute Gasteiger partial charge is 0.161 e. The highest BCUT2D eigenvalue weighted by molar-refractivity contribution is 6.00. The zero-order valence-corrected chi connectivity index (χ0v) is 13.5. The fourth-order valence-corrected chi connectivity index (χ4v) is 4.78. The van der Waals surface area contributed by atoms with E-state index in [9.17, 15) is 4.79 Å². The number of anilines is 2. The minimum absolute atomic E-state index is 0.0227. The Bertz CT molecular complexity index is 588. The van der Waals surface area contributed by atoms with Crippen molar-refractivity contribution in [3.8, 4) is 0 Å². The Morgan fingerprint density at radius 3 is 2.62 bits per heavy atom. The van der Waals surface area contributed by atoms with Gasteiger partial charge in [-0.25, -0.2) is 0 Å². The summed E-state index contributed by atoms with van der Waals surface area (Å²) < 4.78 is 0. The molecule has 3 N–H and O–H groups in total. The summed E-state index contributed by atoms with van der Waals surface area (Å²) in [6, 6.07) is 6.19. The number of ketones is 1. The number of carbonyl (C=O) groups is 1. The predicted molar refractivity (Wildman–Crippen MR) is 87.5 cm³/mol. The molecule has 3 heteroatoms. The molecule has 0 aromatic heterocycles. The van der Waals surface area contributed by atoms with Crippen LogP contribution in [-0.2, 0) is 0 Å². The molecule has 1 aromatic rings. The van der Waals surface area contributed by atoms with Gasteiger partial charge < -0.3 is 11.1 Å². The van der Waals surface area contributed by atoms with Crippen molar-refractivity contribution in [1.29, 1.82) is 0 Å². The third kappa shape index (κ3) is 2.14. The zero-order valence-electron chi connectivity index (χ0n) is 13.5. The molecule has 0 heterocycles. The number of nitrogens with two attached hydrogens (primary N) is 1. The minimum Gasteiger partial charge on any atom is -0.398 e. The van der Waals surface area contributed by atoms with Gasteiger partial charge in [0.05, 0.1) is 0 Å². The Hall–Kier alpha value is -1.51. The van der Waals surface area contributed by atoms with Crippen LogP contribution < -0.4 is 11.1 Å². The van der Waals surface area contributed by atoms with Gasteiger partial charge in [-0.2, -0.15) is 0 Å². The van der Waals surface area contributed by atoms with Gasteiger partial charge >= 0.3 is 0 Å². The van der Waals surface area contributed by atoms with Crippen molar-refractivity contribution < 1.29 is 4.79 Å². The maximum atomic E-state index is 11.7. The maximum Gasteiger partial charge on any atom is 0.161 e. The van der Waals surface area contributed by atoms with E-state index in [4.69, 9.17) is 5.73 Å². The quantitative estimate of drug-likeness (QED) is 0.649. The molecule has 0 aliphatic heterocycles. The zero-order chi connectivity index (χ0) is 15.4. The number of Topliss-reactive ketones (excluding diaryl/α,β-unsaturated/α-hetero) is 1. The molecule has 21 heavy (non-hydrogen) atoms. The van der Waals surface area contributed by atoms with Crippen molar-refractivity contribution in [2.24, 2.45) is 16.7 Å². The van der Waals surface area contributed by atoms with Gasteiger partial charge in [0.1, 0.15) is 0 Å². The monoisotopic (exact) mass is 286 g/mol. The summed E-state index contributed by atoms with van der Waals surface area (Å²) >= 11 is 0. The average Bonchev–Trinajstić information content (AvgIpc) is 2.87. The normalized spacial score (nSPS) is 33.1. The highest BCUT2D eigenvalue weighted by Crippen LogP contribution is 2.63. The van der Waals surface area contributed by atoms with Crippen molar-refractivity contribution >= 4 is 17.2 Å². The van der Waals surface area contributed by atoms with E-state index in [-0.39, 0.29) is 5.78 Å². The standard InChI is InChI=1S/C18H26N2O/c1-11(21)14-9-13(5-6-15(14)19)20-16-17(2,3)12-7-8-18(16,4)10-12/h5-6,9,12,16,20H,7-8,10,19H2,1-4H3. The molecule has 1 aromatic carbocycles. The largest absolute Gasteiger partial charge is 0.398 e. The van der Waals surface area contributed by atoms with Gasteiger partial charge in [-0.3, -0.25) is 4.79 Å². The highest BCUT2D eigenvalue weighted by atomic mass is 16.1. The molecule has 2 aliphatic rings. The fraction of sp³-hybridized carbons (Fsp3) is 0.611. The Kier molecular flexibility index (Phi) is 3.09. The molecule has 114 valence electrons. The summed E-state index contributed by atoms with van der Waals surface area (Å²) in [5.41, 5.74) is 8.75.